The number of benzene rings is 1. The van der Waals surface area contributed by atoms with Crippen molar-refractivity contribution in [1.29, 1.82) is 0 Å². The molecule has 3 aromatic rings. The van der Waals surface area contributed by atoms with Crippen molar-refractivity contribution in [2.75, 3.05) is 7.11 Å². The third-order valence-electron chi connectivity index (χ3n) is 3.67. The molecule has 10 nitrogen and oxygen atoms in total. The van der Waals surface area contributed by atoms with E-state index in [1.807, 2.05) is 0 Å². The van der Waals surface area contributed by atoms with Gasteiger partial charge in [0.15, 0.2) is 5.75 Å². The van der Waals surface area contributed by atoms with Crippen LogP contribution in [0.1, 0.15) is 12.5 Å². The molecular formula is C17H13Cl2N5O5. The number of aromatic nitrogens is 5. The van der Waals surface area contributed by atoms with E-state index in [1.165, 1.54) is 25.3 Å². The number of hydrogen-bond donors (Lipinski definition) is 2. The zero-order valence-electron chi connectivity index (χ0n) is 15.1. The number of hydrogen-bond acceptors (Lipinski definition) is 7. The Bertz CT molecular complexity index is 1270. The molecule has 3 rings (SSSR count). The Morgan fingerprint density at radius 2 is 1.79 bits per heavy atom. The van der Waals surface area contributed by atoms with Crippen LogP contribution >= 0.6 is 23.2 Å². The number of halogens is 2. The summed E-state index contributed by atoms with van der Waals surface area (Å²) >= 11 is 12.5. The van der Waals surface area contributed by atoms with Crippen molar-refractivity contribution in [2.45, 2.75) is 6.92 Å². The van der Waals surface area contributed by atoms with Crippen molar-refractivity contribution in [3.05, 3.63) is 71.6 Å². The van der Waals surface area contributed by atoms with Gasteiger partial charge < -0.3 is 9.47 Å². The predicted molar refractivity (Wildman–Crippen MR) is 107 cm³/mol. The smallest absolute Gasteiger partial charge is 0.349 e. The summed E-state index contributed by atoms with van der Waals surface area (Å²) in [5, 5.41) is 9.94. The van der Waals surface area contributed by atoms with Crippen LogP contribution in [-0.4, -0.2) is 32.1 Å². The van der Waals surface area contributed by atoms with Gasteiger partial charge in [-0.2, -0.15) is 4.68 Å². The SMILES string of the molecule is C=C(C)c1cc(Oc2c(Cl)cc(-n3nc(OC)c(=O)[nH]c3=O)cc2Cl)n[nH]c1=O. The highest BCUT2D eigenvalue weighted by Gasteiger charge is 2.16. The molecule has 2 heterocycles. The van der Waals surface area contributed by atoms with Crippen LogP contribution in [0.5, 0.6) is 17.5 Å². The van der Waals surface area contributed by atoms with Gasteiger partial charge in [0.1, 0.15) is 0 Å². The number of nitrogens with one attached hydrogen (secondary N) is 2. The molecule has 0 atom stereocenters. The van der Waals surface area contributed by atoms with Gasteiger partial charge >= 0.3 is 11.2 Å². The van der Waals surface area contributed by atoms with E-state index < -0.39 is 16.8 Å². The fourth-order valence-electron chi connectivity index (χ4n) is 2.32. The zero-order valence-corrected chi connectivity index (χ0v) is 16.6. The average Bonchev–Trinajstić information content (AvgIpc) is 2.65. The topological polar surface area (TPSA) is 132 Å². The molecule has 150 valence electrons. The molecule has 0 bridgehead atoms. The number of ether oxygens (including phenoxy) is 2. The number of aromatic amines is 2. The lowest BCUT2D eigenvalue weighted by molar-refractivity contribution is 0.376. The number of methoxy groups -OCH3 is 1. The highest BCUT2D eigenvalue weighted by molar-refractivity contribution is 6.37. The fraction of sp³-hybridized carbons (Fsp3) is 0.118. The third kappa shape index (κ3) is 4.08. The van der Waals surface area contributed by atoms with E-state index in [-0.39, 0.29) is 38.8 Å². The van der Waals surface area contributed by atoms with E-state index in [0.717, 1.165) is 4.68 Å². The standard InChI is InChI=1S/C17H13Cl2N5O5/c1-7(2)9-6-12(21-22-14(9)25)29-13-10(18)4-8(5-11(13)19)24-17(27)20-15(26)16(23-24)28-3/h4-6H,1H2,2-3H3,(H,22,25)(H,20,26,27). The molecule has 0 fully saturated rings. The summed E-state index contributed by atoms with van der Waals surface area (Å²) in [4.78, 5) is 37.5. The van der Waals surface area contributed by atoms with Crippen molar-refractivity contribution in [1.82, 2.24) is 25.0 Å². The van der Waals surface area contributed by atoms with Crippen LogP contribution < -0.4 is 26.3 Å². The van der Waals surface area contributed by atoms with Gasteiger partial charge in [0.05, 0.1) is 22.8 Å². The van der Waals surface area contributed by atoms with Gasteiger partial charge in [-0.15, -0.1) is 10.2 Å². The normalized spacial score (nSPS) is 10.6. The maximum Gasteiger partial charge on any atom is 0.349 e. The molecule has 29 heavy (non-hydrogen) atoms. The van der Waals surface area contributed by atoms with Crippen molar-refractivity contribution in [2.24, 2.45) is 0 Å². The van der Waals surface area contributed by atoms with Crippen molar-refractivity contribution in [3.63, 3.8) is 0 Å². The van der Waals surface area contributed by atoms with Crippen LogP contribution in [0.15, 0.2) is 39.2 Å². The first-order valence-electron chi connectivity index (χ1n) is 7.91. The van der Waals surface area contributed by atoms with E-state index >= 15 is 0 Å². The van der Waals surface area contributed by atoms with Gasteiger partial charge in [0, 0.05) is 11.6 Å². The number of H-pyrrole nitrogens is 2. The average molecular weight is 438 g/mol. The quantitative estimate of drug-likeness (QED) is 0.624. The molecule has 2 N–H and O–H groups in total. The molecule has 0 saturated carbocycles. The van der Waals surface area contributed by atoms with Crippen LogP contribution in [-0.2, 0) is 0 Å². The van der Waals surface area contributed by atoms with Gasteiger partial charge in [-0.25, -0.2) is 9.89 Å². The molecule has 0 aliphatic rings. The van der Waals surface area contributed by atoms with Gasteiger partial charge in [-0.3, -0.25) is 14.6 Å². The summed E-state index contributed by atoms with van der Waals surface area (Å²) < 4.78 is 11.3. The first-order chi connectivity index (χ1) is 13.7. The van der Waals surface area contributed by atoms with Gasteiger partial charge in [0.25, 0.3) is 11.4 Å². The summed E-state index contributed by atoms with van der Waals surface area (Å²) in [6, 6.07) is 4.08. The largest absolute Gasteiger partial charge is 0.476 e. The molecule has 0 aliphatic heterocycles. The first-order valence-corrected chi connectivity index (χ1v) is 8.67. The Morgan fingerprint density at radius 1 is 1.14 bits per heavy atom. The molecular weight excluding hydrogens is 425 g/mol. The first kappa shape index (κ1) is 20.4. The summed E-state index contributed by atoms with van der Waals surface area (Å²) in [7, 11) is 1.24. The van der Waals surface area contributed by atoms with Crippen LogP contribution in [0.2, 0.25) is 10.0 Å². The molecule has 0 radical (unpaired) electrons. The summed E-state index contributed by atoms with van der Waals surface area (Å²) in [6.07, 6.45) is 0. The maximum atomic E-state index is 12.1. The summed E-state index contributed by atoms with van der Waals surface area (Å²) in [5.41, 5.74) is -1.05. The van der Waals surface area contributed by atoms with E-state index in [2.05, 4.69) is 26.9 Å². The minimum absolute atomic E-state index is 0.0243. The van der Waals surface area contributed by atoms with Gasteiger partial charge in [0.2, 0.25) is 5.88 Å². The van der Waals surface area contributed by atoms with Crippen LogP contribution in [0.3, 0.4) is 0 Å². The van der Waals surface area contributed by atoms with Crippen LogP contribution in [0, 0.1) is 0 Å². The Hall–Kier alpha value is -3.37. The Kier molecular flexibility index (Phi) is 5.57. The fourth-order valence-corrected chi connectivity index (χ4v) is 2.87. The Labute approximate surface area is 172 Å². The maximum absolute atomic E-state index is 12.1. The number of allylic oxidation sites excluding steroid dienone is 1. The number of nitrogens with zero attached hydrogens (tertiary/aromatic N) is 3. The summed E-state index contributed by atoms with van der Waals surface area (Å²) in [5.74, 6) is -0.254. The highest BCUT2D eigenvalue weighted by atomic mass is 35.5. The highest BCUT2D eigenvalue weighted by Crippen LogP contribution is 2.37. The van der Waals surface area contributed by atoms with E-state index in [1.54, 1.807) is 6.92 Å². The molecule has 1 aromatic carbocycles. The Morgan fingerprint density at radius 3 is 2.38 bits per heavy atom. The number of rotatable bonds is 5. The third-order valence-corrected chi connectivity index (χ3v) is 4.23. The lowest BCUT2D eigenvalue weighted by Crippen LogP contribution is -2.32. The minimum atomic E-state index is -0.815. The van der Waals surface area contributed by atoms with Crippen molar-refractivity contribution < 1.29 is 9.47 Å². The molecule has 0 saturated heterocycles. The van der Waals surface area contributed by atoms with Crippen molar-refractivity contribution >= 4 is 28.8 Å². The predicted octanol–water partition coefficient (Wildman–Crippen LogP) is 2.14. The summed E-state index contributed by atoms with van der Waals surface area (Å²) in [6.45, 7) is 5.37. The second-order valence-electron chi connectivity index (χ2n) is 5.75. The molecule has 0 spiro atoms. The second kappa shape index (κ2) is 7.94. The second-order valence-corrected chi connectivity index (χ2v) is 6.56. The lowest BCUT2D eigenvalue weighted by Gasteiger charge is -2.12. The van der Waals surface area contributed by atoms with E-state index in [9.17, 15) is 14.4 Å². The minimum Gasteiger partial charge on any atom is -0.476 e. The molecule has 0 unspecified atom stereocenters. The Balaban J connectivity index is 2.05. The molecule has 0 amide bonds. The van der Waals surface area contributed by atoms with Crippen molar-refractivity contribution in [3.8, 4) is 23.2 Å². The van der Waals surface area contributed by atoms with Crippen LogP contribution in [0.25, 0.3) is 11.3 Å². The van der Waals surface area contributed by atoms with Gasteiger partial charge in [-0.05, 0) is 24.6 Å². The lowest BCUT2D eigenvalue weighted by atomic mass is 10.2. The van der Waals surface area contributed by atoms with E-state index in [4.69, 9.17) is 32.7 Å². The van der Waals surface area contributed by atoms with Crippen LogP contribution in [0.4, 0.5) is 0 Å². The molecule has 12 heteroatoms. The van der Waals surface area contributed by atoms with E-state index in [0.29, 0.717) is 5.57 Å². The van der Waals surface area contributed by atoms with Gasteiger partial charge in [-0.1, -0.05) is 29.8 Å². The molecule has 0 aliphatic carbocycles. The monoisotopic (exact) mass is 437 g/mol. The zero-order chi connectivity index (χ0) is 21.3. The molecule has 2 aromatic heterocycles.